The van der Waals surface area contributed by atoms with Gasteiger partial charge in [0.05, 0.1) is 18.9 Å². The number of aromatic nitrogens is 3. The highest BCUT2D eigenvalue weighted by Gasteiger charge is 2.17. The molecule has 7 heteroatoms. The van der Waals surface area contributed by atoms with Crippen molar-refractivity contribution in [3.8, 4) is 11.3 Å². The molecule has 0 aliphatic carbocycles. The van der Waals surface area contributed by atoms with Gasteiger partial charge in [-0.15, -0.1) is 11.3 Å². The molecule has 24 heavy (non-hydrogen) atoms. The number of rotatable bonds is 4. The number of benzene rings is 1. The largest absolute Gasteiger partial charge is 0.372 e. The minimum atomic E-state index is -0.385. The van der Waals surface area contributed by atoms with Crippen molar-refractivity contribution < 1.29 is 9.53 Å². The minimum Gasteiger partial charge on any atom is -0.372 e. The van der Waals surface area contributed by atoms with Gasteiger partial charge in [-0.1, -0.05) is 12.1 Å². The maximum atomic E-state index is 12.3. The molecule has 1 amide bonds. The highest BCUT2D eigenvalue weighted by atomic mass is 32.1. The van der Waals surface area contributed by atoms with Crippen LogP contribution >= 0.6 is 11.3 Å². The van der Waals surface area contributed by atoms with Crippen molar-refractivity contribution in [3.63, 3.8) is 0 Å². The highest BCUT2D eigenvalue weighted by molar-refractivity contribution is 7.14. The molecule has 4 rings (SSSR count). The van der Waals surface area contributed by atoms with Crippen LogP contribution in [0.4, 0.5) is 5.13 Å². The van der Waals surface area contributed by atoms with Crippen molar-refractivity contribution in [1.29, 1.82) is 0 Å². The Kier molecular flexibility index (Phi) is 3.87. The standard InChI is InChI=1S/C17H16N4O2S/c1-11(21-6-2-5-18-21)16(22)20-17-19-15(10-24-17)12-3-4-13-8-23-9-14(13)7-12/h2-7,10-11H,8-9H2,1H3,(H,19,20,22)/t11-/m0/s1. The summed E-state index contributed by atoms with van der Waals surface area (Å²) < 4.78 is 7.06. The third-order valence-corrected chi connectivity index (χ3v) is 4.81. The topological polar surface area (TPSA) is 69.0 Å². The monoisotopic (exact) mass is 340 g/mol. The van der Waals surface area contributed by atoms with Crippen molar-refractivity contribution in [2.24, 2.45) is 0 Å². The average Bonchev–Trinajstić information content (AvgIpc) is 3.34. The van der Waals surface area contributed by atoms with Crippen molar-refractivity contribution in [2.75, 3.05) is 5.32 Å². The first-order valence-electron chi connectivity index (χ1n) is 7.66. The van der Waals surface area contributed by atoms with E-state index < -0.39 is 0 Å². The molecule has 0 saturated carbocycles. The van der Waals surface area contributed by atoms with E-state index in [-0.39, 0.29) is 11.9 Å². The molecule has 1 N–H and O–H groups in total. The molecule has 1 atom stereocenters. The first-order valence-corrected chi connectivity index (χ1v) is 8.54. The smallest absolute Gasteiger partial charge is 0.250 e. The Hall–Kier alpha value is -2.51. The van der Waals surface area contributed by atoms with E-state index in [0.717, 1.165) is 11.3 Å². The van der Waals surface area contributed by atoms with Crippen LogP contribution in [-0.4, -0.2) is 20.7 Å². The van der Waals surface area contributed by atoms with Gasteiger partial charge in [-0.05, 0) is 30.2 Å². The summed E-state index contributed by atoms with van der Waals surface area (Å²) in [5.41, 5.74) is 4.34. The lowest BCUT2D eigenvalue weighted by molar-refractivity contribution is -0.119. The number of carbonyl (C=O) groups excluding carboxylic acids is 1. The lowest BCUT2D eigenvalue weighted by Crippen LogP contribution is -2.23. The molecular formula is C17H16N4O2S. The Labute approximate surface area is 143 Å². The van der Waals surface area contributed by atoms with E-state index in [9.17, 15) is 4.79 Å². The summed E-state index contributed by atoms with van der Waals surface area (Å²) in [6.45, 7) is 3.13. The second kappa shape index (κ2) is 6.18. The third-order valence-electron chi connectivity index (χ3n) is 4.05. The van der Waals surface area contributed by atoms with Gasteiger partial charge in [-0.25, -0.2) is 4.98 Å². The number of hydrogen-bond acceptors (Lipinski definition) is 5. The zero-order valence-corrected chi connectivity index (χ0v) is 13.9. The summed E-state index contributed by atoms with van der Waals surface area (Å²) in [5, 5.41) is 9.49. The summed E-state index contributed by atoms with van der Waals surface area (Å²) in [6, 6.07) is 7.64. The van der Waals surface area contributed by atoms with Gasteiger partial charge in [0.1, 0.15) is 6.04 Å². The van der Waals surface area contributed by atoms with E-state index >= 15 is 0 Å². The van der Waals surface area contributed by atoms with Crippen molar-refractivity contribution in [2.45, 2.75) is 26.2 Å². The maximum Gasteiger partial charge on any atom is 0.250 e. The molecule has 0 saturated heterocycles. The fraction of sp³-hybridized carbons (Fsp3) is 0.235. The zero-order valence-electron chi connectivity index (χ0n) is 13.1. The molecule has 0 spiro atoms. The molecule has 0 fully saturated rings. The SMILES string of the molecule is C[C@@H](C(=O)Nc1nc(-c2ccc3c(c2)COC3)cs1)n1cccn1. The Bertz CT molecular complexity index is 873. The van der Waals surface area contributed by atoms with Crippen LogP contribution in [0.25, 0.3) is 11.3 Å². The lowest BCUT2D eigenvalue weighted by atomic mass is 10.1. The van der Waals surface area contributed by atoms with E-state index in [1.807, 2.05) is 11.4 Å². The number of fused-ring (bicyclic) bond motifs is 1. The fourth-order valence-corrected chi connectivity index (χ4v) is 3.36. The number of hydrogen-bond donors (Lipinski definition) is 1. The van der Waals surface area contributed by atoms with Crippen molar-refractivity contribution in [3.05, 3.63) is 53.2 Å². The van der Waals surface area contributed by atoms with Gasteiger partial charge < -0.3 is 10.1 Å². The van der Waals surface area contributed by atoms with E-state index in [1.54, 1.807) is 30.1 Å². The number of nitrogens with zero attached hydrogens (tertiary/aromatic N) is 3. The number of ether oxygens (including phenoxy) is 1. The summed E-state index contributed by atoms with van der Waals surface area (Å²) in [6.07, 6.45) is 3.42. The van der Waals surface area contributed by atoms with Gasteiger partial charge in [-0.3, -0.25) is 9.48 Å². The van der Waals surface area contributed by atoms with Gasteiger partial charge >= 0.3 is 0 Å². The first kappa shape index (κ1) is 15.0. The number of thiazole rings is 1. The average molecular weight is 340 g/mol. The van der Waals surface area contributed by atoms with Crippen LogP contribution in [0.2, 0.25) is 0 Å². The van der Waals surface area contributed by atoms with E-state index in [1.165, 1.54) is 22.5 Å². The minimum absolute atomic E-state index is 0.137. The molecule has 1 aliphatic heterocycles. The third kappa shape index (κ3) is 2.83. The molecule has 1 aromatic carbocycles. The van der Waals surface area contributed by atoms with Crippen LogP contribution in [0.15, 0.2) is 42.0 Å². The van der Waals surface area contributed by atoms with E-state index in [4.69, 9.17) is 4.74 Å². The van der Waals surface area contributed by atoms with E-state index in [0.29, 0.717) is 18.3 Å². The number of nitrogens with one attached hydrogen (secondary N) is 1. The second-order valence-corrected chi connectivity index (χ2v) is 6.52. The molecule has 2 aromatic heterocycles. The first-order chi connectivity index (χ1) is 11.7. The molecule has 0 radical (unpaired) electrons. The summed E-state index contributed by atoms with van der Waals surface area (Å²) in [7, 11) is 0. The van der Waals surface area contributed by atoms with Crippen molar-refractivity contribution in [1.82, 2.24) is 14.8 Å². The van der Waals surface area contributed by atoms with Crippen LogP contribution in [0, 0.1) is 0 Å². The number of amides is 1. The molecule has 3 heterocycles. The zero-order chi connectivity index (χ0) is 16.5. The molecule has 3 aromatic rings. The highest BCUT2D eigenvalue weighted by Crippen LogP contribution is 2.29. The van der Waals surface area contributed by atoms with Gasteiger partial charge in [0, 0.05) is 23.3 Å². The van der Waals surface area contributed by atoms with Gasteiger partial charge in [-0.2, -0.15) is 5.10 Å². The summed E-state index contributed by atoms with van der Waals surface area (Å²) in [5.74, 6) is -0.137. The van der Waals surface area contributed by atoms with Crippen molar-refractivity contribution >= 4 is 22.4 Å². The maximum absolute atomic E-state index is 12.3. The predicted molar refractivity (Wildman–Crippen MR) is 91.6 cm³/mol. The van der Waals surface area contributed by atoms with Crippen LogP contribution < -0.4 is 5.32 Å². The quantitative estimate of drug-likeness (QED) is 0.792. The summed E-state index contributed by atoms with van der Waals surface area (Å²) >= 11 is 1.42. The lowest BCUT2D eigenvalue weighted by Gasteiger charge is -2.10. The Morgan fingerprint density at radius 3 is 3.08 bits per heavy atom. The Morgan fingerprint density at radius 1 is 1.38 bits per heavy atom. The van der Waals surface area contributed by atoms with Crippen LogP contribution in [-0.2, 0) is 22.7 Å². The Balaban J connectivity index is 1.50. The molecule has 122 valence electrons. The molecule has 6 nitrogen and oxygen atoms in total. The van der Waals surface area contributed by atoms with E-state index in [2.05, 4.69) is 27.5 Å². The second-order valence-electron chi connectivity index (χ2n) is 5.67. The molecule has 0 unspecified atom stereocenters. The normalized spacial score (nSPS) is 14.4. The molecule has 1 aliphatic rings. The summed E-state index contributed by atoms with van der Waals surface area (Å²) in [4.78, 5) is 16.8. The fourth-order valence-electron chi connectivity index (χ4n) is 2.63. The van der Waals surface area contributed by atoms with Gasteiger partial charge in [0.2, 0.25) is 0 Å². The predicted octanol–water partition coefficient (Wildman–Crippen LogP) is 3.24. The number of anilines is 1. The Morgan fingerprint density at radius 2 is 2.25 bits per heavy atom. The van der Waals surface area contributed by atoms with Crippen LogP contribution in [0.1, 0.15) is 24.1 Å². The number of carbonyl (C=O) groups is 1. The molecular weight excluding hydrogens is 324 g/mol. The van der Waals surface area contributed by atoms with Crippen LogP contribution in [0.3, 0.4) is 0 Å². The molecule has 0 bridgehead atoms. The van der Waals surface area contributed by atoms with Gasteiger partial charge in [0.25, 0.3) is 5.91 Å². The van der Waals surface area contributed by atoms with Crippen LogP contribution in [0.5, 0.6) is 0 Å². The van der Waals surface area contributed by atoms with Gasteiger partial charge in [0.15, 0.2) is 5.13 Å².